The lowest BCUT2D eigenvalue weighted by molar-refractivity contribution is -0.118. The van der Waals surface area contributed by atoms with Crippen molar-refractivity contribution in [3.8, 4) is 17.6 Å². The number of methoxy groups -OCH3 is 1. The van der Waals surface area contributed by atoms with E-state index in [9.17, 15) is 10.1 Å². The molecule has 3 aromatic rings. The monoisotopic (exact) mass is 500 g/mol. The van der Waals surface area contributed by atoms with E-state index in [0.29, 0.717) is 38.2 Å². The smallest absolute Gasteiger partial charge is 0.262 e. The zero-order chi connectivity index (χ0) is 24.0. The van der Waals surface area contributed by atoms with Crippen LogP contribution in [0.5, 0.6) is 11.5 Å². The van der Waals surface area contributed by atoms with E-state index in [1.54, 1.807) is 54.6 Å². The van der Waals surface area contributed by atoms with Crippen molar-refractivity contribution in [1.82, 2.24) is 0 Å². The van der Waals surface area contributed by atoms with Crippen molar-refractivity contribution < 1.29 is 14.3 Å². The van der Waals surface area contributed by atoms with E-state index in [0.717, 1.165) is 5.56 Å². The number of amides is 1. The summed E-state index contributed by atoms with van der Waals surface area (Å²) in [6.45, 7) is 1.59. The lowest BCUT2D eigenvalue weighted by atomic mass is 10.0. The van der Waals surface area contributed by atoms with Crippen molar-refractivity contribution in [2.45, 2.75) is 6.92 Å². The second kappa shape index (κ2) is 11.1. The molecule has 0 heterocycles. The summed E-state index contributed by atoms with van der Waals surface area (Å²) in [6, 6.07) is 17.6. The third kappa shape index (κ3) is 6.43. The Balaban J connectivity index is 1.77. The fourth-order valence-corrected chi connectivity index (χ4v) is 3.53. The SMILES string of the molecule is COc1cc(/C=C(\C#N)c2ccc(Cl)cc2)cc(Cl)c1OCC(=O)Nc1ccc(C)c(Cl)c1. The highest BCUT2D eigenvalue weighted by atomic mass is 35.5. The average Bonchev–Trinajstić information content (AvgIpc) is 2.79. The van der Waals surface area contributed by atoms with Crippen LogP contribution in [0.25, 0.3) is 11.6 Å². The van der Waals surface area contributed by atoms with Gasteiger partial charge in [-0.05, 0) is 66.1 Å². The summed E-state index contributed by atoms with van der Waals surface area (Å²) in [6.07, 6.45) is 1.68. The first-order chi connectivity index (χ1) is 15.8. The van der Waals surface area contributed by atoms with Gasteiger partial charge in [0, 0.05) is 15.7 Å². The summed E-state index contributed by atoms with van der Waals surface area (Å²) >= 11 is 18.4. The molecule has 0 saturated heterocycles. The van der Waals surface area contributed by atoms with Crippen LogP contribution in [-0.4, -0.2) is 19.6 Å². The van der Waals surface area contributed by atoms with Gasteiger partial charge in [0.25, 0.3) is 5.91 Å². The molecular formula is C25H19Cl3N2O3. The number of allylic oxidation sites excluding steroid dienone is 1. The Bertz CT molecular complexity index is 1250. The van der Waals surface area contributed by atoms with Crippen molar-refractivity contribution in [1.29, 1.82) is 5.26 Å². The van der Waals surface area contributed by atoms with Gasteiger partial charge in [-0.2, -0.15) is 5.26 Å². The molecule has 0 radical (unpaired) electrons. The number of rotatable bonds is 7. The summed E-state index contributed by atoms with van der Waals surface area (Å²) in [5, 5.41) is 13.7. The van der Waals surface area contributed by atoms with Crippen molar-refractivity contribution >= 4 is 58.0 Å². The number of nitrogens with one attached hydrogen (secondary N) is 1. The molecule has 1 N–H and O–H groups in total. The average molecular weight is 502 g/mol. The van der Waals surface area contributed by atoms with Crippen LogP contribution in [-0.2, 0) is 4.79 Å². The standard InChI is InChI=1S/C25H19Cl3N2O3/c1-15-3-8-20(12-21(15)27)30-24(31)14-33-25-22(28)10-16(11-23(25)32-2)9-18(13-29)17-4-6-19(26)7-5-17/h3-12H,14H2,1-2H3,(H,30,31)/b18-9+. The van der Waals surface area contributed by atoms with Crippen molar-refractivity contribution in [3.05, 3.63) is 86.4 Å². The van der Waals surface area contributed by atoms with Gasteiger partial charge in [-0.25, -0.2) is 0 Å². The van der Waals surface area contributed by atoms with E-state index in [-0.39, 0.29) is 23.3 Å². The number of nitriles is 1. The Morgan fingerprint density at radius 1 is 1.06 bits per heavy atom. The number of anilines is 1. The summed E-state index contributed by atoms with van der Waals surface area (Å²) < 4.78 is 11.0. The summed E-state index contributed by atoms with van der Waals surface area (Å²) in [5.74, 6) is 0.165. The maximum atomic E-state index is 12.3. The third-order valence-electron chi connectivity index (χ3n) is 4.64. The number of ether oxygens (including phenoxy) is 2. The van der Waals surface area contributed by atoms with Crippen LogP contribution < -0.4 is 14.8 Å². The van der Waals surface area contributed by atoms with Crippen LogP contribution in [0.15, 0.2) is 54.6 Å². The Hall–Kier alpha value is -3.17. The van der Waals surface area contributed by atoms with E-state index >= 15 is 0 Å². The maximum absolute atomic E-state index is 12.3. The molecule has 3 rings (SSSR count). The molecule has 3 aromatic carbocycles. The molecule has 0 aliphatic rings. The number of hydrogen-bond donors (Lipinski definition) is 1. The third-order valence-corrected chi connectivity index (χ3v) is 5.58. The van der Waals surface area contributed by atoms with Crippen molar-refractivity contribution in [2.24, 2.45) is 0 Å². The van der Waals surface area contributed by atoms with Crippen LogP contribution in [0.2, 0.25) is 15.1 Å². The number of hydrogen-bond acceptors (Lipinski definition) is 4. The van der Waals surface area contributed by atoms with Crippen molar-refractivity contribution in [3.63, 3.8) is 0 Å². The predicted molar refractivity (Wildman–Crippen MR) is 133 cm³/mol. The van der Waals surface area contributed by atoms with Gasteiger partial charge >= 0.3 is 0 Å². The highest BCUT2D eigenvalue weighted by molar-refractivity contribution is 6.32. The van der Waals surface area contributed by atoms with Gasteiger partial charge in [-0.15, -0.1) is 0 Å². The number of halogens is 3. The molecule has 0 aliphatic heterocycles. The summed E-state index contributed by atoms with van der Waals surface area (Å²) in [4.78, 5) is 12.3. The number of nitrogens with zero attached hydrogens (tertiary/aromatic N) is 1. The van der Waals surface area contributed by atoms with Gasteiger partial charge in [0.1, 0.15) is 0 Å². The Morgan fingerprint density at radius 2 is 1.79 bits per heavy atom. The van der Waals surface area contributed by atoms with Crippen molar-refractivity contribution in [2.75, 3.05) is 19.0 Å². The molecular weight excluding hydrogens is 483 g/mol. The number of carbonyl (C=O) groups excluding carboxylic acids is 1. The number of aryl methyl sites for hydroxylation is 1. The molecule has 0 unspecified atom stereocenters. The highest BCUT2D eigenvalue weighted by Crippen LogP contribution is 2.37. The van der Waals surface area contributed by atoms with Gasteiger partial charge < -0.3 is 14.8 Å². The lowest BCUT2D eigenvalue weighted by Gasteiger charge is -2.14. The zero-order valence-corrected chi connectivity index (χ0v) is 20.1. The molecule has 0 saturated carbocycles. The van der Waals surface area contributed by atoms with Gasteiger partial charge in [0.15, 0.2) is 18.1 Å². The van der Waals surface area contributed by atoms with E-state index in [1.165, 1.54) is 7.11 Å². The van der Waals surface area contributed by atoms with Crippen LogP contribution >= 0.6 is 34.8 Å². The molecule has 0 fully saturated rings. The highest BCUT2D eigenvalue weighted by Gasteiger charge is 2.14. The van der Waals surface area contributed by atoms with Crippen LogP contribution in [0.4, 0.5) is 5.69 Å². The molecule has 0 aromatic heterocycles. The Labute approximate surface area is 207 Å². The second-order valence-electron chi connectivity index (χ2n) is 7.01. The quantitative estimate of drug-likeness (QED) is 0.278. The first-order valence-corrected chi connectivity index (χ1v) is 10.9. The van der Waals surface area contributed by atoms with Crippen LogP contribution in [0.3, 0.4) is 0 Å². The van der Waals surface area contributed by atoms with Gasteiger partial charge in [0.05, 0.1) is 23.8 Å². The fraction of sp³-hybridized carbons (Fsp3) is 0.120. The predicted octanol–water partition coefficient (Wildman–Crippen LogP) is 7.05. The molecule has 0 spiro atoms. The summed E-state index contributed by atoms with van der Waals surface area (Å²) in [5.41, 5.74) is 3.24. The van der Waals surface area contributed by atoms with E-state index in [4.69, 9.17) is 44.3 Å². The normalized spacial score (nSPS) is 11.0. The number of carbonyl (C=O) groups is 1. The molecule has 0 atom stereocenters. The van der Waals surface area contributed by atoms with Gasteiger partial charge in [-0.1, -0.05) is 53.0 Å². The number of benzene rings is 3. The molecule has 0 bridgehead atoms. The fourth-order valence-electron chi connectivity index (χ4n) is 2.94. The minimum absolute atomic E-state index is 0.221. The maximum Gasteiger partial charge on any atom is 0.262 e. The lowest BCUT2D eigenvalue weighted by Crippen LogP contribution is -2.20. The second-order valence-corrected chi connectivity index (χ2v) is 8.26. The Morgan fingerprint density at radius 3 is 2.42 bits per heavy atom. The van der Waals surface area contributed by atoms with Crippen LogP contribution in [0.1, 0.15) is 16.7 Å². The first-order valence-electron chi connectivity index (χ1n) is 9.74. The Kier molecular flexibility index (Phi) is 8.24. The van der Waals surface area contributed by atoms with E-state index in [1.807, 2.05) is 13.0 Å². The molecule has 33 heavy (non-hydrogen) atoms. The zero-order valence-electron chi connectivity index (χ0n) is 17.8. The molecule has 1 amide bonds. The molecule has 168 valence electrons. The molecule has 0 aliphatic carbocycles. The first kappa shape index (κ1) is 24.5. The van der Waals surface area contributed by atoms with Crippen LogP contribution in [0, 0.1) is 18.3 Å². The summed E-state index contributed by atoms with van der Waals surface area (Å²) in [7, 11) is 1.46. The van der Waals surface area contributed by atoms with Gasteiger partial charge in [0.2, 0.25) is 0 Å². The topological polar surface area (TPSA) is 71.3 Å². The minimum Gasteiger partial charge on any atom is -0.493 e. The largest absolute Gasteiger partial charge is 0.493 e. The van der Waals surface area contributed by atoms with Gasteiger partial charge in [-0.3, -0.25) is 4.79 Å². The van der Waals surface area contributed by atoms with E-state index < -0.39 is 0 Å². The minimum atomic E-state index is -0.383. The molecule has 5 nitrogen and oxygen atoms in total. The van der Waals surface area contributed by atoms with E-state index in [2.05, 4.69) is 11.4 Å². The molecule has 8 heteroatoms.